The summed E-state index contributed by atoms with van der Waals surface area (Å²) in [7, 11) is 0. The summed E-state index contributed by atoms with van der Waals surface area (Å²) in [6.45, 7) is 3.97. The van der Waals surface area contributed by atoms with E-state index in [1.165, 1.54) is 16.9 Å². The Balaban J connectivity index is 1.37. The number of benzene rings is 2. The SMILES string of the molecule is Cc1ccccc1NC(=O)c1nnc(CCCC(=O)NC(C)CCc2ccccc2)s1. The van der Waals surface area contributed by atoms with Crippen molar-refractivity contribution in [3.8, 4) is 0 Å². The highest BCUT2D eigenvalue weighted by Gasteiger charge is 2.14. The molecule has 31 heavy (non-hydrogen) atoms. The molecule has 3 rings (SSSR count). The third kappa shape index (κ3) is 7.29. The van der Waals surface area contributed by atoms with Crippen molar-refractivity contribution in [2.75, 3.05) is 5.32 Å². The van der Waals surface area contributed by atoms with E-state index in [4.69, 9.17) is 0 Å². The second kappa shape index (κ2) is 11.4. The molecule has 0 fully saturated rings. The second-order valence-electron chi connectivity index (χ2n) is 7.62. The Bertz CT molecular complexity index is 1000. The molecule has 162 valence electrons. The van der Waals surface area contributed by atoms with Gasteiger partial charge in [0.15, 0.2) is 0 Å². The van der Waals surface area contributed by atoms with Crippen LogP contribution in [0.5, 0.6) is 0 Å². The van der Waals surface area contributed by atoms with Crippen LogP contribution < -0.4 is 10.6 Å². The molecule has 1 heterocycles. The summed E-state index contributed by atoms with van der Waals surface area (Å²) < 4.78 is 0. The highest BCUT2D eigenvalue weighted by atomic mass is 32.1. The topological polar surface area (TPSA) is 84.0 Å². The van der Waals surface area contributed by atoms with E-state index in [2.05, 4.69) is 33.0 Å². The number of carbonyl (C=O) groups is 2. The lowest BCUT2D eigenvalue weighted by Crippen LogP contribution is -2.32. The molecule has 0 aliphatic heterocycles. The third-order valence-electron chi connectivity index (χ3n) is 4.97. The summed E-state index contributed by atoms with van der Waals surface area (Å²) >= 11 is 1.27. The van der Waals surface area contributed by atoms with Crippen LogP contribution in [0, 0.1) is 6.92 Å². The van der Waals surface area contributed by atoms with Gasteiger partial charge in [-0.15, -0.1) is 10.2 Å². The number of nitrogens with one attached hydrogen (secondary N) is 2. The maximum atomic E-state index is 12.4. The highest BCUT2D eigenvalue weighted by molar-refractivity contribution is 7.13. The minimum absolute atomic E-state index is 0.0441. The molecule has 2 N–H and O–H groups in total. The molecule has 2 aromatic carbocycles. The van der Waals surface area contributed by atoms with Crippen LogP contribution >= 0.6 is 11.3 Å². The van der Waals surface area contributed by atoms with E-state index in [1.807, 2.05) is 56.3 Å². The molecule has 0 aliphatic carbocycles. The van der Waals surface area contributed by atoms with Crippen LogP contribution in [0.25, 0.3) is 0 Å². The van der Waals surface area contributed by atoms with Crippen LogP contribution in [0.2, 0.25) is 0 Å². The van der Waals surface area contributed by atoms with Crippen LogP contribution in [0.15, 0.2) is 54.6 Å². The molecule has 6 nitrogen and oxygen atoms in total. The molecule has 1 atom stereocenters. The van der Waals surface area contributed by atoms with Gasteiger partial charge in [0.05, 0.1) is 0 Å². The van der Waals surface area contributed by atoms with Crippen LogP contribution in [-0.4, -0.2) is 28.1 Å². The molecule has 0 radical (unpaired) electrons. The quantitative estimate of drug-likeness (QED) is 0.488. The van der Waals surface area contributed by atoms with Crippen molar-refractivity contribution >= 4 is 28.8 Å². The van der Waals surface area contributed by atoms with E-state index in [1.54, 1.807) is 0 Å². The first-order chi connectivity index (χ1) is 15.0. The number of hydrogen-bond donors (Lipinski definition) is 2. The molecule has 0 saturated heterocycles. The van der Waals surface area contributed by atoms with Gasteiger partial charge in [0.2, 0.25) is 10.9 Å². The monoisotopic (exact) mass is 436 g/mol. The standard InChI is InChI=1S/C24H28N4O2S/c1-17-9-6-7-12-20(17)26-23(30)24-28-27-22(31-24)14-8-13-21(29)25-18(2)15-16-19-10-4-3-5-11-19/h3-7,9-12,18H,8,13-16H2,1-2H3,(H,25,29)(H,26,30). The van der Waals surface area contributed by atoms with Gasteiger partial charge in [-0.2, -0.15) is 0 Å². The lowest BCUT2D eigenvalue weighted by atomic mass is 10.1. The van der Waals surface area contributed by atoms with Crippen molar-refractivity contribution in [2.45, 2.75) is 52.0 Å². The van der Waals surface area contributed by atoms with Crippen molar-refractivity contribution in [1.29, 1.82) is 0 Å². The van der Waals surface area contributed by atoms with Gasteiger partial charge < -0.3 is 10.6 Å². The molecule has 3 aromatic rings. The largest absolute Gasteiger partial charge is 0.354 e. The van der Waals surface area contributed by atoms with Gasteiger partial charge in [0, 0.05) is 24.6 Å². The number of nitrogens with zero attached hydrogens (tertiary/aromatic N) is 2. The number of anilines is 1. The Labute approximate surface area is 187 Å². The van der Waals surface area contributed by atoms with Gasteiger partial charge in [0.1, 0.15) is 5.01 Å². The number of carbonyl (C=O) groups excluding carboxylic acids is 2. The van der Waals surface area contributed by atoms with E-state index in [0.29, 0.717) is 24.3 Å². The Morgan fingerprint density at radius 3 is 2.52 bits per heavy atom. The molecule has 1 unspecified atom stereocenters. The number of amides is 2. The molecular weight excluding hydrogens is 408 g/mol. The molecule has 1 aromatic heterocycles. The maximum absolute atomic E-state index is 12.4. The van der Waals surface area contributed by atoms with Gasteiger partial charge in [-0.05, 0) is 50.3 Å². The zero-order valence-electron chi connectivity index (χ0n) is 17.9. The van der Waals surface area contributed by atoms with Crippen LogP contribution in [0.1, 0.15) is 52.1 Å². The molecule has 7 heteroatoms. The van der Waals surface area contributed by atoms with Crippen LogP contribution in [0.4, 0.5) is 5.69 Å². The fourth-order valence-corrected chi connectivity index (χ4v) is 3.96. The lowest BCUT2D eigenvalue weighted by Gasteiger charge is -2.13. The zero-order chi connectivity index (χ0) is 22.1. The zero-order valence-corrected chi connectivity index (χ0v) is 18.7. The van der Waals surface area contributed by atoms with E-state index in [-0.39, 0.29) is 17.9 Å². The second-order valence-corrected chi connectivity index (χ2v) is 8.68. The van der Waals surface area contributed by atoms with Gasteiger partial charge in [-0.3, -0.25) is 9.59 Å². The minimum Gasteiger partial charge on any atom is -0.354 e. The first kappa shape index (κ1) is 22.6. The number of para-hydroxylation sites is 1. The predicted octanol–water partition coefficient (Wildman–Crippen LogP) is 4.56. The highest BCUT2D eigenvalue weighted by Crippen LogP contribution is 2.17. The number of aromatic nitrogens is 2. The lowest BCUT2D eigenvalue weighted by molar-refractivity contribution is -0.121. The fraction of sp³-hybridized carbons (Fsp3) is 0.333. The molecular formula is C24H28N4O2S. The molecule has 0 spiro atoms. The van der Waals surface area contributed by atoms with E-state index < -0.39 is 0 Å². The van der Waals surface area contributed by atoms with Gasteiger partial charge in [-0.1, -0.05) is 59.9 Å². The Morgan fingerprint density at radius 2 is 1.74 bits per heavy atom. The number of aryl methyl sites for hydroxylation is 3. The normalized spacial score (nSPS) is 11.7. The van der Waals surface area contributed by atoms with Crippen molar-refractivity contribution < 1.29 is 9.59 Å². The average molecular weight is 437 g/mol. The van der Waals surface area contributed by atoms with Crippen molar-refractivity contribution in [3.63, 3.8) is 0 Å². The Morgan fingerprint density at radius 1 is 1.00 bits per heavy atom. The summed E-state index contributed by atoms with van der Waals surface area (Å²) in [6.07, 6.45) is 3.58. The Hall–Kier alpha value is -3.06. The van der Waals surface area contributed by atoms with Crippen LogP contribution in [0.3, 0.4) is 0 Å². The molecule has 0 saturated carbocycles. The van der Waals surface area contributed by atoms with Gasteiger partial charge in [0.25, 0.3) is 5.91 Å². The molecule has 2 amide bonds. The summed E-state index contributed by atoms with van der Waals surface area (Å²) in [5, 5.41) is 15.1. The number of rotatable bonds is 10. The van der Waals surface area contributed by atoms with E-state index >= 15 is 0 Å². The fourth-order valence-electron chi connectivity index (χ4n) is 3.18. The minimum atomic E-state index is -0.261. The predicted molar refractivity (Wildman–Crippen MR) is 124 cm³/mol. The Kier molecular flexibility index (Phi) is 8.29. The molecule has 0 bridgehead atoms. The first-order valence-corrected chi connectivity index (χ1v) is 11.4. The van der Waals surface area contributed by atoms with Crippen molar-refractivity contribution in [2.24, 2.45) is 0 Å². The summed E-state index contributed by atoms with van der Waals surface area (Å²) in [6, 6.07) is 18.0. The van der Waals surface area contributed by atoms with Gasteiger partial charge >= 0.3 is 0 Å². The van der Waals surface area contributed by atoms with Crippen molar-refractivity contribution in [3.05, 3.63) is 75.7 Å². The van der Waals surface area contributed by atoms with E-state index in [0.717, 1.165) is 29.1 Å². The van der Waals surface area contributed by atoms with Crippen molar-refractivity contribution in [1.82, 2.24) is 15.5 Å². The number of hydrogen-bond acceptors (Lipinski definition) is 5. The average Bonchev–Trinajstić information content (AvgIpc) is 3.24. The van der Waals surface area contributed by atoms with Gasteiger partial charge in [-0.25, -0.2) is 0 Å². The van der Waals surface area contributed by atoms with E-state index in [9.17, 15) is 9.59 Å². The first-order valence-electron chi connectivity index (χ1n) is 10.5. The summed E-state index contributed by atoms with van der Waals surface area (Å²) in [4.78, 5) is 24.6. The molecule has 0 aliphatic rings. The smallest absolute Gasteiger partial charge is 0.286 e. The van der Waals surface area contributed by atoms with Crippen LogP contribution in [-0.2, 0) is 17.6 Å². The third-order valence-corrected chi connectivity index (χ3v) is 5.95. The maximum Gasteiger partial charge on any atom is 0.286 e. The summed E-state index contributed by atoms with van der Waals surface area (Å²) in [5.74, 6) is -0.217. The summed E-state index contributed by atoms with van der Waals surface area (Å²) in [5.41, 5.74) is 3.04.